The second-order valence-electron chi connectivity index (χ2n) is 8.94. The Morgan fingerprint density at radius 3 is 2.68 bits per heavy atom. The van der Waals surface area contributed by atoms with Gasteiger partial charge < -0.3 is 19.5 Å². The molecule has 1 saturated heterocycles. The molecule has 34 heavy (non-hydrogen) atoms. The zero-order valence-corrected chi connectivity index (χ0v) is 19.4. The molecule has 2 aromatic carbocycles. The minimum Gasteiger partial charge on any atom is -0.378 e. The van der Waals surface area contributed by atoms with E-state index in [1.54, 1.807) is 6.07 Å². The number of imidazole rings is 1. The Morgan fingerprint density at radius 1 is 1.09 bits per heavy atom. The van der Waals surface area contributed by atoms with Crippen LogP contribution in [0.5, 0.6) is 0 Å². The van der Waals surface area contributed by atoms with E-state index in [2.05, 4.69) is 9.72 Å². The number of nitrogens with one attached hydrogen (secondary N) is 1. The molecule has 5 rings (SSSR count). The number of fused-ring (bicyclic) bond motifs is 1. The molecule has 0 spiro atoms. The molecule has 1 atom stereocenters. The van der Waals surface area contributed by atoms with Crippen LogP contribution in [0.4, 0.5) is 20.6 Å². The van der Waals surface area contributed by atoms with Gasteiger partial charge in [0.25, 0.3) is 0 Å². The molecule has 174 valence electrons. The van der Waals surface area contributed by atoms with Crippen molar-refractivity contribution >= 4 is 22.9 Å². The number of hydrogen-bond acceptors (Lipinski definition) is 3. The third-order valence-electron chi connectivity index (χ3n) is 6.38. The van der Waals surface area contributed by atoms with Gasteiger partial charge in [0.05, 0.1) is 11.2 Å². The molecular weight excluding hydrogens is 429 g/mol. The number of carbonyl (C=O) groups excluding carboxylic acids is 1. The number of hydrogen-bond donors (Lipinski definition) is 1. The van der Waals surface area contributed by atoms with Crippen molar-refractivity contribution in [2.45, 2.75) is 18.8 Å². The van der Waals surface area contributed by atoms with Crippen LogP contribution in [-0.2, 0) is 0 Å². The quantitative estimate of drug-likeness (QED) is 0.433. The minimum absolute atomic E-state index is 0.0906. The molecule has 1 aliphatic heterocycles. The lowest BCUT2D eigenvalue weighted by Crippen LogP contribution is -2.42. The third-order valence-corrected chi connectivity index (χ3v) is 6.38. The maximum absolute atomic E-state index is 13.9. The SMILES string of the molecule is CN(C)c1ccc(NC(=O)N2CCC[C@@H](c3nc(-c4cccc(F)c4)c4ccccn34)C2)cc1. The topological polar surface area (TPSA) is 52.9 Å². The molecule has 0 saturated carbocycles. The first kappa shape index (κ1) is 21.9. The molecule has 0 unspecified atom stereocenters. The van der Waals surface area contributed by atoms with E-state index in [0.29, 0.717) is 13.1 Å². The van der Waals surface area contributed by atoms with Crippen molar-refractivity contribution in [2.75, 3.05) is 37.4 Å². The van der Waals surface area contributed by atoms with Crippen molar-refractivity contribution in [1.82, 2.24) is 14.3 Å². The molecule has 6 nitrogen and oxygen atoms in total. The monoisotopic (exact) mass is 457 g/mol. The average molecular weight is 458 g/mol. The molecule has 2 aromatic heterocycles. The van der Waals surface area contributed by atoms with Crippen LogP contribution in [0.1, 0.15) is 24.6 Å². The Labute approximate surface area is 198 Å². The van der Waals surface area contributed by atoms with Gasteiger partial charge in [-0.05, 0) is 61.4 Å². The number of aromatic nitrogens is 2. The summed E-state index contributed by atoms with van der Waals surface area (Å²) in [6, 6.07) is 20.2. The number of nitrogens with zero attached hydrogens (tertiary/aromatic N) is 4. The summed E-state index contributed by atoms with van der Waals surface area (Å²) < 4.78 is 16.0. The molecule has 0 radical (unpaired) electrons. The second kappa shape index (κ2) is 9.17. The van der Waals surface area contributed by atoms with Crippen molar-refractivity contribution in [3.05, 3.63) is 84.6 Å². The molecule has 7 heteroatoms. The number of benzene rings is 2. The highest BCUT2D eigenvalue weighted by Gasteiger charge is 2.28. The van der Waals surface area contributed by atoms with Gasteiger partial charge in [0.15, 0.2) is 0 Å². The highest BCUT2D eigenvalue weighted by atomic mass is 19.1. The molecule has 2 amide bonds. The number of amides is 2. The zero-order chi connectivity index (χ0) is 23.7. The van der Waals surface area contributed by atoms with E-state index in [0.717, 1.165) is 46.8 Å². The Balaban J connectivity index is 1.38. The Morgan fingerprint density at radius 2 is 1.91 bits per heavy atom. The third kappa shape index (κ3) is 4.33. The van der Waals surface area contributed by atoms with Crippen molar-refractivity contribution in [2.24, 2.45) is 0 Å². The fourth-order valence-corrected chi connectivity index (χ4v) is 4.62. The van der Waals surface area contributed by atoms with Gasteiger partial charge in [-0.1, -0.05) is 18.2 Å². The highest BCUT2D eigenvalue weighted by Crippen LogP contribution is 2.32. The van der Waals surface area contributed by atoms with Crippen LogP contribution in [0.15, 0.2) is 72.9 Å². The lowest BCUT2D eigenvalue weighted by Gasteiger charge is -2.32. The van der Waals surface area contributed by atoms with E-state index in [-0.39, 0.29) is 17.8 Å². The molecule has 0 aliphatic carbocycles. The van der Waals surface area contributed by atoms with Crippen LogP contribution in [0.2, 0.25) is 0 Å². The van der Waals surface area contributed by atoms with Crippen molar-refractivity contribution in [1.29, 1.82) is 0 Å². The Bertz CT molecular complexity index is 1310. The Kier molecular flexibility index (Phi) is 5.92. The first-order valence-electron chi connectivity index (χ1n) is 11.6. The van der Waals surface area contributed by atoms with Gasteiger partial charge in [-0.3, -0.25) is 0 Å². The van der Waals surface area contributed by atoms with Gasteiger partial charge in [0, 0.05) is 56.2 Å². The number of rotatable bonds is 4. The fraction of sp³-hybridized carbons (Fsp3) is 0.259. The van der Waals surface area contributed by atoms with Crippen LogP contribution in [0.25, 0.3) is 16.8 Å². The molecule has 1 N–H and O–H groups in total. The van der Waals surface area contributed by atoms with E-state index in [9.17, 15) is 9.18 Å². The number of piperidine rings is 1. The minimum atomic E-state index is -0.282. The molecule has 0 bridgehead atoms. The van der Waals surface area contributed by atoms with E-state index >= 15 is 0 Å². The number of urea groups is 1. The standard InChI is InChI=1S/C27H28FN5O/c1-31(2)23-13-11-22(12-14-23)29-27(34)32-15-6-8-20(18-32)26-30-25(19-7-5-9-21(28)17-19)24-10-3-4-16-33(24)26/h3-5,7,9-14,16-17,20H,6,8,15,18H2,1-2H3,(H,29,34)/t20-/m1/s1. The predicted octanol–water partition coefficient (Wildman–Crippen LogP) is 5.62. The predicted molar refractivity (Wildman–Crippen MR) is 134 cm³/mol. The maximum atomic E-state index is 13.9. The molecule has 1 aliphatic rings. The summed E-state index contributed by atoms with van der Waals surface area (Å²) in [6.45, 7) is 1.29. The number of pyridine rings is 1. The lowest BCUT2D eigenvalue weighted by atomic mass is 9.97. The fourth-order valence-electron chi connectivity index (χ4n) is 4.62. The van der Waals surface area contributed by atoms with E-state index in [1.807, 2.05) is 78.6 Å². The number of anilines is 2. The number of halogens is 1. The van der Waals surface area contributed by atoms with E-state index < -0.39 is 0 Å². The summed E-state index contributed by atoms with van der Waals surface area (Å²) in [5, 5.41) is 3.02. The maximum Gasteiger partial charge on any atom is 0.321 e. The van der Waals surface area contributed by atoms with Crippen molar-refractivity contribution < 1.29 is 9.18 Å². The summed E-state index contributed by atoms with van der Waals surface area (Å²) in [4.78, 5) is 21.9. The van der Waals surface area contributed by atoms with Crippen LogP contribution in [0.3, 0.4) is 0 Å². The first-order chi connectivity index (χ1) is 16.5. The van der Waals surface area contributed by atoms with Gasteiger partial charge >= 0.3 is 6.03 Å². The van der Waals surface area contributed by atoms with Crippen LogP contribution in [0, 0.1) is 5.82 Å². The second-order valence-corrected chi connectivity index (χ2v) is 8.94. The summed E-state index contributed by atoms with van der Waals surface area (Å²) in [5.74, 6) is 0.714. The number of carbonyl (C=O) groups is 1. The van der Waals surface area contributed by atoms with Gasteiger partial charge in [-0.15, -0.1) is 0 Å². The Hall–Kier alpha value is -3.87. The van der Waals surface area contributed by atoms with Gasteiger partial charge in [0.2, 0.25) is 0 Å². The summed E-state index contributed by atoms with van der Waals surface area (Å²) in [5.41, 5.74) is 4.30. The van der Waals surface area contributed by atoms with Gasteiger partial charge in [-0.25, -0.2) is 14.2 Å². The summed E-state index contributed by atoms with van der Waals surface area (Å²) in [7, 11) is 3.97. The average Bonchev–Trinajstić information content (AvgIpc) is 3.24. The lowest BCUT2D eigenvalue weighted by molar-refractivity contribution is 0.191. The van der Waals surface area contributed by atoms with Gasteiger partial charge in [0.1, 0.15) is 11.6 Å². The summed E-state index contributed by atoms with van der Waals surface area (Å²) >= 11 is 0. The van der Waals surface area contributed by atoms with Crippen LogP contribution >= 0.6 is 0 Å². The smallest absolute Gasteiger partial charge is 0.321 e. The number of likely N-dealkylation sites (tertiary alicyclic amines) is 1. The first-order valence-corrected chi connectivity index (χ1v) is 11.6. The zero-order valence-electron chi connectivity index (χ0n) is 19.4. The van der Waals surface area contributed by atoms with Gasteiger partial charge in [-0.2, -0.15) is 0 Å². The molecule has 4 aromatic rings. The highest BCUT2D eigenvalue weighted by molar-refractivity contribution is 5.89. The van der Waals surface area contributed by atoms with Crippen molar-refractivity contribution in [3.8, 4) is 11.3 Å². The van der Waals surface area contributed by atoms with E-state index in [4.69, 9.17) is 4.98 Å². The molecular formula is C27H28FN5O. The van der Waals surface area contributed by atoms with Crippen LogP contribution < -0.4 is 10.2 Å². The van der Waals surface area contributed by atoms with Crippen LogP contribution in [-0.4, -0.2) is 47.5 Å². The largest absolute Gasteiger partial charge is 0.378 e. The molecule has 3 heterocycles. The molecule has 1 fully saturated rings. The van der Waals surface area contributed by atoms with E-state index in [1.165, 1.54) is 12.1 Å². The summed E-state index contributed by atoms with van der Waals surface area (Å²) in [6.07, 6.45) is 3.83. The van der Waals surface area contributed by atoms with Crippen molar-refractivity contribution in [3.63, 3.8) is 0 Å². The normalized spacial score (nSPS) is 16.0.